The van der Waals surface area contributed by atoms with Crippen LogP contribution in [-0.4, -0.2) is 27.5 Å². The van der Waals surface area contributed by atoms with Crippen LogP contribution >= 0.6 is 11.8 Å². The van der Waals surface area contributed by atoms with Gasteiger partial charge >= 0.3 is 0 Å². The van der Waals surface area contributed by atoms with Crippen LogP contribution in [0.1, 0.15) is 19.3 Å². The predicted molar refractivity (Wildman–Crippen MR) is 63.4 cm³/mol. The van der Waals surface area contributed by atoms with Crippen molar-refractivity contribution in [2.75, 3.05) is 11.6 Å². The predicted octanol–water partition coefficient (Wildman–Crippen LogP) is 1.47. The van der Waals surface area contributed by atoms with Gasteiger partial charge in [0.2, 0.25) is 0 Å². The summed E-state index contributed by atoms with van der Waals surface area (Å²) in [5, 5.41) is 3.93. The van der Waals surface area contributed by atoms with Gasteiger partial charge < -0.3 is 10.3 Å². The minimum atomic E-state index is -0.134. The first-order chi connectivity index (χ1) is 7.29. The van der Waals surface area contributed by atoms with E-state index in [0.717, 1.165) is 18.1 Å². The Morgan fingerprint density at radius 3 is 3.13 bits per heavy atom. The zero-order chi connectivity index (χ0) is 10.7. The molecule has 2 atom stereocenters. The highest BCUT2D eigenvalue weighted by Crippen LogP contribution is 2.29. The Balaban J connectivity index is 1.99. The number of thioether (sulfide) groups is 1. The summed E-state index contributed by atoms with van der Waals surface area (Å²) in [4.78, 5) is 18.0. The van der Waals surface area contributed by atoms with Crippen LogP contribution in [0.5, 0.6) is 0 Å². The molecule has 0 amide bonds. The van der Waals surface area contributed by atoms with E-state index in [2.05, 4.69) is 21.5 Å². The maximum Gasteiger partial charge on any atom is 0.290 e. The summed E-state index contributed by atoms with van der Waals surface area (Å²) in [6.07, 6.45) is 8.76. The van der Waals surface area contributed by atoms with Gasteiger partial charge in [-0.2, -0.15) is 11.8 Å². The van der Waals surface area contributed by atoms with Crippen LogP contribution < -0.4 is 10.9 Å². The van der Waals surface area contributed by atoms with Gasteiger partial charge in [-0.3, -0.25) is 4.79 Å². The molecule has 1 aliphatic rings. The van der Waals surface area contributed by atoms with Crippen molar-refractivity contribution < 1.29 is 0 Å². The fraction of sp³-hybridized carbons (Fsp3) is 0.600. The summed E-state index contributed by atoms with van der Waals surface area (Å²) >= 11 is 1.90. The van der Waals surface area contributed by atoms with Crippen LogP contribution in [-0.2, 0) is 0 Å². The number of nitrogens with one attached hydrogen (secondary N) is 2. The van der Waals surface area contributed by atoms with E-state index in [1.54, 1.807) is 12.4 Å². The van der Waals surface area contributed by atoms with Crippen molar-refractivity contribution in [2.45, 2.75) is 30.6 Å². The molecule has 0 aromatic carbocycles. The normalized spacial score (nSPS) is 25.4. The van der Waals surface area contributed by atoms with E-state index in [1.807, 2.05) is 11.8 Å². The number of aromatic nitrogens is 2. The van der Waals surface area contributed by atoms with Gasteiger partial charge in [-0.15, -0.1) is 0 Å². The molecule has 1 saturated carbocycles. The summed E-state index contributed by atoms with van der Waals surface area (Å²) in [6.45, 7) is 0. The SMILES string of the molecule is CSC1CCC(Nc2ncc[nH]c2=O)C1. The number of nitrogens with zero attached hydrogens (tertiary/aromatic N) is 1. The van der Waals surface area contributed by atoms with E-state index in [9.17, 15) is 4.79 Å². The van der Waals surface area contributed by atoms with Gasteiger partial charge in [0.15, 0.2) is 5.82 Å². The zero-order valence-electron chi connectivity index (χ0n) is 8.69. The van der Waals surface area contributed by atoms with Crippen molar-refractivity contribution in [1.29, 1.82) is 0 Å². The molecule has 15 heavy (non-hydrogen) atoms. The van der Waals surface area contributed by atoms with E-state index in [0.29, 0.717) is 11.9 Å². The third kappa shape index (κ3) is 2.53. The molecule has 1 aromatic rings. The van der Waals surface area contributed by atoms with E-state index >= 15 is 0 Å². The van der Waals surface area contributed by atoms with Gasteiger partial charge in [0.05, 0.1) is 0 Å². The molecular weight excluding hydrogens is 210 g/mol. The first-order valence-corrected chi connectivity index (χ1v) is 6.41. The lowest BCUT2D eigenvalue weighted by molar-refractivity contribution is 0.749. The fourth-order valence-corrected chi connectivity index (χ4v) is 2.73. The van der Waals surface area contributed by atoms with Crippen molar-refractivity contribution in [1.82, 2.24) is 9.97 Å². The Bertz CT molecular complexity index is 379. The number of hydrogen-bond donors (Lipinski definition) is 2. The number of anilines is 1. The highest BCUT2D eigenvalue weighted by Gasteiger charge is 2.24. The van der Waals surface area contributed by atoms with Crippen LogP contribution in [0.3, 0.4) is 0 Å². The monoisotopic (exact) mass is 225 g/mol. The molecule has 2 rings (SSSR count). The molecule has 0 aliphatic heterocycles. The molecule has 1 heterocycles. The largest absolute Gasteiger partial charge is 0.363 e. The fourth-order valence-electron chi connectivity index (χ4n) is 1.93. The number of hydrogen-bond acceptors (Lipinski definition) is 4. The van der Waals surface area contributed by atoms with Gasteiger partial charge in [0, 0.05) is 23.7 Å². The topological polar surface area (TPSA) is 57.8 Å². The number of aromatic amines is 1. The van der Waals surface area contributed by atoms with Crippen molar-refractivity contribution in [3.63, 3.8) is 0 Å². The van der Waals surface area contributed by atoms with Gasteiger partial charge in [-0.25, -0.2) is 4.98 Å². The van der Waals surface area contributed by atoms with Gasteiger partial charge in [-0.1, -0.05) is 0 Å². The summed E-state index contributed by atoms with van der Waals surface area (Å²) in [5.41, 5.74) is -0.134. The third-order valence-corrected chi connectivity index (χ3v) is 3.86. The van der Waals surface area contributed by atoms with Crippen LogP contribution in [0.15, 0.2) is 17.2 Å². The molecule has 5 heteroatoms. The number of rotatable bonds is 3. The standard InChI is InChI=1S/C10H15N3OS/c1-15-8-3-2-7(6-8)13-9-10(14)12-5-4-11-9/h4-5,7-8H,2-3,6H2,1H3,(H,11,13)(H,12,14). The molecule has 1 aliphatic carbocycles. The average molecular weight is 225 g/mol. The van der Waals surface area contributed by atoms with Crippen molar-refractivity contribution >= 4 is 17.6 Å². The Morgan fingerprint density at radius 1 is 1.60 bits per heavy atom. The highest BCUT2D eigenvalue weighted by molar-refractivity contribution is 7.99. The third-order valence-electron chi connectivity index (χ3n) is 2.77. The highest BCUT2D eigenvalue weighted by atomic mass is 32.2. The average Bonchev–Trinajstić information content (AvgIpc) is 2.69. The van der Waals surface area contributed by atoms with Crippen molar-refractivity contribution in [2.24, 2.45) is 0 Å². The maximum absolute atomic E-state index is 11.4. The Labute approximate surface area is 92.9 Å². The maximum atomic E-state index is 11.4. The minimum absolute atomic E-state index is 0.134. The van der Waals surface area contributed by atoms with Gasteiger partial charge in [0.1, 0.15) is 0 Å². The second-order valence-corrected chi connectivity index (χ2v) is 4.92. The molecule has 0 spiro atoms. The Hall–Kier alpha value is -0.970. The molecule has 4 nitrogen and oxygen atoms in total. The van der Waals surface area contributed by atoms with E-state index in [1.165, 1.54) is 6.42 Å². The van der Waals surface area contributed by atoms with Crippen LogP contribution in [0.2, 0.25) is 0 Å². The second-order valence-electron chi connectivity index (χ2n) is 3.78. The quantitative estimate of drug-likeness (QED) is 0.818. The summed E-state index contributed by atoms with van der Waals surface area (Å²) in [6, 6.07) is 0.401. The van der Waals surface area contributed by atoms with Gasteiger partial charge in [0.25, 0.3) is 5.56 Å². The smallest absolute Gasteiger partial charge is 0.290 e. The molecular formula is C10H15N3OS. The minimum Gasteiger partial charge on any atom is -0.363 e. The van der Waals surface area contributed by atoms with E-state index in [-0.39, 0.29) is 5.56 Å². The molecule has 82 valence electrons. The Kier molecular flexibility index (Phi) is 3.30. The second kappa shape index (κ2) is 4.70. The molecule has 0 bridgehead atoms. The van der Waals surface area contributed by atoms with Crippen molar-refractivity contribution in [3.05, 3.63) is 22.7 Å². The zero-order valence-corrected chi connectivity index (χ0v) is 9.51. The summed E-state index contributed by atoms with van der Waals surface area (Å²) in [5.74, 6) is 0.448. The van der Waals surface area contributed by atoms with Gasteiger partial charge in [-0.05, 0) is 25.5 Å². The molecule has 2 N–H and O–H groups in total. The van der Waals surface area contributed by atoms with Crippen LogP contribution in [0.25, 0.3) is 0 Å². The molecule has 1 aromatic heterocycles. The first kappa shape index (κ1) is 10.5. The first-order valence-electron chi connectivity index (χ1n) is 5.12. The van der Waals surface area contributed by atoms with Crippen LogP contribution in [0.4, 0.5) is 5.82 Å². The summed E-state index contributed by atoms with van der Waals surface area (Å²) < 4.78 is 0. The number of H-pyrrole nitrogens is 1. The Morgan fingerprint density at radius 2 is 2.47 bits per heavy atom. The van der Waals surface area contributed by atoms with Crippen molar-refractivity contribution in [3.8, 4) is 0 Å². The molecule has 1 fully saturated rings. The molecule has 2 unspecified atom stereocenters. The lowest BCUT2D eigenvalue weighted by atomic mass is 10.2. The molecule has 0 radical (unpaired) electrons. The summed E-state index contributed by atoms with van der Waals surface area (Å²) in [7, 11) is 0. The van der Waals surface area contributed by atoms with E-state index in [4.69, 9.17) is 0 Å². The van der Waals surface area contributed by atoms with E-state index < -0.39 is 0 Å². The lowest BCUT2D eigenvalue weighted by Crippen LogP contribution is -2.23. The molecule has 0 saturated heterocycles. The van der Waals surface area contributed by atoms with Crippen LogP contribution in [0, 0.1) is 0 Å². The lowest BCUT2D eigenvalue weighted by Gasteiger charge is -2.11.